The van der Waals surface area contributed by atoms with Gasteiger partial charge in [-0.3, -0.25) is 4.79 Å². The number of sulfonamides is 1. The van der Waals surface area contributed by atoms with Crippen molar-refractivity contribution in [2.75, 3.05) is 19.3 Å². The van der Waals surface area contributed by atoms with Crippen molar-refractivity contribution in [3.05, 3.63) is 35.4 Å². The molecule has 2 aliphatic heterocycles. The third kappa shape index (κ3) is 2.70. The lowest BCUT2D eigenvalue weighted by atomic mass is 9.73. The summed E-state index contributed by atoms with van der Waals surface area (Å²) < 4.78 is 24.7. The van der Waals surface area contributed by atoms with Gasteiger partial charge in [-0.15, -0.1) is 0 Å². The smallest absolute Gasteiger partial charge is 0.226 e. The van der Waals surface area contributed by atoms with E-state index in [9.17, 15) is 13.2 Å². The minimum absolute atomic E-state index is 0.0619. The van der Waals surface area contributed by atoms with E-state index in [0.717, 1.165) is 5.56 Å². The standard InChI is InChI=1S/C15H20N2O3S/c1-21(19,20)17-8-6-15(7-9-17)10-12-4-2-3-5-13(12)11-16-14(15)18/h2-5H,6-11H2,1H3,(H,16,18). The molecule has 1 N–H and O–H groups in total. The Labute approximate surface area is 125 Å². The van der Waals surface area contributed by atoms with E-state index in [1.165, 1.54) is 16.1 Å². The predicted octanol–water partition coefficient (Wildman–Crippen LogP) is 0.901. The number of piperidine rings is 1. The molecule has 0 unspecified atom stereocenters. The van der Waals surface area contributed by atoms with Crippen LogP contribution < -0.4 is 5.32 Å². The molecule has 1 aromatic carbocycles. The molecule has 0 atom stereocenters. The molecule has 1 amide bonds. The van der Waals surface area contributed by atoms with Crippen LogP contribution in [0.25, 0.3) is 0 Å². The van der Waals surface area contributed by atoms with Gasteiger partial charge >= 0.3 is 0 Å². The van der Waals surface area contributed by atoms with E-state index in [4.69, 9.17) is 0 Å². The zero-order chi connectivity index (χ0) is 15.1. The maximum atomic E-state index is 12.5. The average molecular weight is 308 g/mol. The molecule has 5 nitrogen and oxygen atoms in total. The van der Waals surface area contributed by atoms with Crippen LogP contribution >= 0.6 is 0 Å². The fourth-order valence-electron chi connectivity index (χ4n) is 3.36. The molecule has 0 radical (unpaired) electrons. The van der Waals surface area contributed by atoms with E-state index in [-0.39, 0.29) is 5.91 Å². The highest BCUT2D eigenvalue weighted by Crippen LogP contribution is 2.38. The molecule has 1 saturated heterocycles. The van der Waals surface area contributed by atoms with E-state index >= 15 is 0 Å². The fraction of sp³-hybridized carbons (Fsp3) is 0.533. The van der Waals surface area contributed by atoms with Crippen molar-refractivity contribution < 1.29 is 13.2 Å². The third-order valence-corrected chi connectivity index (χ3v) is 6.02. The minimum Gasteiger partial charge on any atom is -0.352 e. The summed E-state index contributed by atoms with van der Waals surface area (Å²) in [4.78, 5) is 12.5. The number of hydrogen-bond acceptors (Lipinski definition) is 3. The molecule has 1 spiro atoms. The number of benzene rings is 1. The summed E-state index contributed by atoms with van der Waals surface area (Å²) in [6.45, 7) is 1.41. The van der Waals surface area contributed by atoms with Crippen molar-refractivity contribution in [2.24, 2.45) is 5.41 Å². The second-order valence-electron chi connectivity index (χ2n) is 6.07. The van der Waals surface area contributed by atoms with E-state index in [0.29, 0.717) is 38.9 Å². The molecule has 2 heterocycles. The van der Waals surface area contributed by atoms with Crippen molar-refractivity contribution in [2.45, 2.75) is 25.8 Å². The Bertz CT molecular complexity index is 661. The normalized spacial score (nSPS) is 22.4. The summed E-state index contributed by atoms with van der Waals surface area (Å²) in [5.41, 5.74) is 1.89. The van der Waals surface area contributed by atoms with Gasteiger partial charge in [0.25, 0.3) is 0 Å². The highest BCUT2D eigenvalue weighted by Gasteiger charge is 2.44. The largest absolute Gasteiger partial charge is 0.352 e. The van der Waals surface area contributed by atoms with Crippen LogP contribution in [0.1, 0.15) is 24.0 Å². The monoisotopic (exact) mass is 308 g/mol. The second kappa shape index (κ2) is 5.10. The van der Waals surface area contributed by atoms with Gasteiger partial charge in [0, 0.05) is 19.6 Å². The molecule has 21 heavy (non-hydrogen) atoms. The van der Waals surface area contributed by atoms with Crippen LogP contribution in [0.4, 0.5) is 0 Å². The van der Waals surface area contributed by atoms with Crippen molar-refractivity contribution in [3.63, 3.8) is 0 Å². The SMILES string of the molecule is CS(=O)(=O)N1CCC2(CC1)Cc1ccccc1CNC2=O. The quantitative estimate of drug-likeness (QED) is 0.838. The maximum Gasteiger partial charge on any atom is 0.226 e. The van der Waals surface area contributed by atoms with Crippen LogP contribution in [-0.4, -0.2) is 38.0 Å². The lowest BCUT2D eigenvalue weighted by molar-refractivity contribution is -0.133. The molecule has 1 fully saturated rings. The summed E-state index contributed by atoms with van der Waals surface area (Å²) in [6.07, 6.45) is 3.10. The molecule has 0 aromatic heterocycles. The molecule has 0 bridgehead atoms. The van der Waals surface area contributed by atoms with Gasteiger partial charge in [0.15, 0.2) is 0 Å². The Kier molecular flexibility index (Phi) is 3.53. The third-order valence-electron chi connectivity index (χ3n) is 4.72. The Morgan fingerprint density at radius 3 is 2.38 bits per heavy atom. The van der Waals surface area contributed by atoms with E-state index in [2.05, 4.69) is 11.4 Å². The Balaban J connectivity index is 1.86. The van der Waals surface area contributed by atoms with Crippen molar-refractivity contribution >= 4 is 15.9 Å². The van der Waals surface area contributed by atoms with Gasteiger partial charge in [0.2, 0.25) is 15.9 Å². The van der Waals surface area contributed by atoms with Gasteiger partial charge in [0.1, 0.15) is 0 Å². The van der Waals surface area contributed by atoms with Gasteiger partial charge in [-0.2, -0.15) is 0 Å². The highest BCUT2D eigenvalue weighted by molar-refractivity contribution is 7.88. The van der Waals surface area contributed by atoms with E-state index < -0.39 is 15.4 Å². The Morgan fingerprint density at radius 2 is 1.76 bits per heavy atom. The van der Waals surface area contributed by atoms with Crippen molar-refractivity contribution in [3.8, 4) is 0 Å². The summed E-state index contributed by atoms with van der Waals surface area (Å²) in [6, 6.07) is 8.09. The first-order valence-corrected chi connectivity index (χ1v) is 9.06. The second-order valence-corrected chi connectivity index (χ2v) is 8.05. The maximum absolute atomic E-state index is 12.5. The Hall–Kier alpha value is -1.40. The number of fused-ring (bicyclic) bond motifs is 1. The topological polar surface area (TPSA) is 66.5 Å². The summed E-state index contributed by atoms with van der Waals surface area (Å²) in [5, 5.41) is 3.01. The number of rotatable bonds is 1. The first-order chi connectivity index (χ1) is 9.91. The zero-order valence-corrected chi connectivity index (χ0v) is 12.9. The van der Waals surface area contributed by atoms with Crippen LogP contribution in [0.2, 0.25) is 0 Å². The summed E-state index contributed by atoms with van der Waals surface area (Å²) in [7, 11) is -3.17. The van der Waals surface area contributed by atoms with Crippen molar-refractivity contribution in [1.82, 2.24) is 9.62 Å². The van der Waals surface area contributed by atoms with Crippen LogP contribution in [0, 0.1) is 5.41 Å². The van der Waals surface area contributed by atoms with E-state index in [1.54, 1.807) is 0 Å². The molecule has 1 aromatic rings. The molecular weight excluding hydrogens is 288 g/mol. The minimum atomic E-state index is -3.17. The number of carbonyl (C=O) groups excluding carboxylic acids is 1. The first kappa shape index (κ1) is 14.5. The number of amides is 1. The lowest BCUT2D eigenvalue weighted by Gasteiger charge is -2.39. The molecule has 6 heteroatoms. The molecule has 3 rings (SSSR count). The van der Waals surface area contributed by atoms with Crippen LogP contribution in [0.3, 0.4) is 0 Å². The highest BCUT2D eigenvalue weighted by atomic mass is 32.2. The average Bonchev–Trinajstić information content (AvgIpc) is 2.57. The number of nitrogens with one attached hydrogen (secondary N) is 1. The predicted molar refractivity (Wildman–Crippen MR) is 80.1 cm³/mol. The zero-order valence-electron chi connectivity index (χ0n) is 12.1. The van der Waals surface area contributed by atoms with E-state index in [1.807, 2.05) is 18.2 Å². The van der Waals surface area contributed by atoms with Crippen molar-refractivity contribution in [1.29, 1.82) is 0 Å². The van der Waals surface area contributed by atoms with Crippen LogP contribution in [0.5, 0.6) is 0 Å². The van der Waals surface area contributed by atoms with Crippen LogP contribution in [0.15, 0.2) is 24.3 Å². The fourth-order valence-corrected chi connectivity index (χ4v) is 4.21. The van der Waals surface area contributed by atoms with Gasteiger partial charge < -0.3 is 5.32 Å². The first-order valence-electron chi connectivity index (χ1n) is 7.21. The van der Waals surface area contributed by atoms with Gasteiger partial charge in [-0.1, -0.05) is 24.3 Å². The Morgan fingerprint density at radius 1 is 1.14 bits per heavy atom. The molecule has 114 valence electrons. The van der Waals surface area contributed by atoms with Gasteiger partial charge in [0.05, 0.1) is 11.7 Å². The number of carbonyl (C=O) groups is 1. The molecular formula is C15H20N2O3S. The summed E-state index contributed by atoms with van der Waals surface area (Å²) >= 11 is 0. The number of nitrogens with zero attached hydrogens (tertiary/aromatic N) is 1. The number of hydrogen-bond donors (Lipinski definition) is 1. The summed E-state index contributed by atoms with van der Waals surface area (Å²) in [5.74, 6) is 0.0619. The van der Waals surface area contributed by atoms with Gasteiger partial charge in [-0.25, -0.2) is 12.7 Å². The lowest BCUT2D eigenvalue weighted by Crippen LogP contribution is -2.49. The van der Waals surface area contributed by atoms with Gasteiger partial charge in [-0.05, 0) is 30.4 Å². The van der Waals surface area contributed by atoms with Crippen LogP contribution in [-0.2, 0) is 27.8 Å². The molecule has 2 aliphatic rings. The molecule has 0 saturated carbocycles. The molecule has 0 aliphatic carbocycles.